The highest BCUT2D eigenvalue weighted by Gasteiger charge is 2.33. The Morgan fingerprint density at radius 1 is 0.750 bits per heavy atom. The zero-order valence-corrected chi connectivity index (χ0v) is 20.1. The molecule has 0 unspecified atom stereocenters. The van der Waals surface area contributed by atoms with Gasteiger partial charge in [0, 0.05) is 13.1 Å². The number of aryl methyl sites for hydroxylation is 1. The van der Waals surface area contributed by atoms with Gasteiger partial charge in [0.1, 0.15) is 5.54 Å². The second kappa shape index (κ2) is 16.9. The van der Waals surface area contributed by atoms with Crippen LogP contribution in [0.3, 0.4) is 0 Å². The molecule has 0 radical (unpaired) electrons. The molecule has 180 valence electrons. The van der Waals surface area contributed by atoms with Crippen LogP contribution in [0.1, 0.15) is 89.0 Å². The summed E-state index contributed by atoms with van der Waals surface area (Å²) in [5, 5.41) is 18.7. The van der Waals surface area contributed by atoms with Crippen LogP contribution < -0.4 is 0 Å². The molecule has 1 aliphatic rings. The molecule has 0 atom stereocenters. The van der Waals surface area contributed by atoms with Gasteiger partial charge < -0.3 is 15.1 Å². The Bertz CT molecular complexity index is 626. The minimum atomic E-state index is -0.698. The van der Waals surface area contributed by atoms with E-state index in [-0.39, 0.29) is 13.2 Å². The van der Waals surface area contributed by atoms with Gasteiger partial charge in [-0.15, -0.1) is 0 Å². The Labute approximate surface area is 196 Å². The minimum Gasteiger partial charge on any atom is -0.394 e. The smallest absolute Gasteiger partial charge is 0.126 e. The molecule has 2 N–H and O–H groups in total. The lowest BCUT2D eigenvalue weighted by atomic mass is 10.0. The molecule has 0 aromatic heterocycles. The lowest BCUT2D eigenvalue weighted by Crippen LogP contribution is -2.41. The highest BCUT2D eigenvalue weighted by molar-refractivity contribution is 5.59. The summed E-state index contributed by atoms with van der Waals surface area (Å²) < 4.78 is 0. The van der Waals surface area contributed by atoms with Gasteiger partial charge in [-0.2, -0.15) is 0 Å². The maximum Gasteiger partial charge on any atom is 0.126 e. The first-order chi connectivity index (χ1) is 15.8. The van der Waals surface area contributed by atoms with Crippen LogP contribution in [0.2, 0.25) is 0 Å². The molecular weight excluding hydrogens is 396 g/mol. The Balaban J connectivity index is 1.29. The van der Waals surface area contributed by atoms with Gasteiger partial charge in [-0.3, -0.25) is 4.99 Å². The molecule has 1 aromatic carbocycles. The molecule has 1 heterocycles. The van der Waals surface area contributed by atoms with Gasteiger partial charge in [-0.1, -0.05) is 107 Å². The third kappa shape index (κ3) is 11.3. The highest BCUT2D eigenvalue weighted by atomic mass is 16.3. The number of aliphatic imine (C=N–C) groups is 1. The van der Waals surface area contributed by atoms with E-state index in [0.717, 1.165) is 13.0 Å². The number of hydrogen-bond acceptors (Lipinski definition) is 4. The summed E-state index contributed by atoms with van der Waals surface area (Å²) >= 11 is 0. The molecule has 0 saturated carbocycles. The van der Waals surface area contributed by atoms with Crippen LogP contribution in [0.4, 0.5) is 0 Å². The van der Waals surface area contributed by atoms with Crippen LogP contribution in [-0.4, -0.2) is 53.3 Å². The average molecular weight is 443 g/mol. The summed E-state index contributed by atoms with van der Waals surface area (Å²) in [5.41, 5.74) is 0.783. The van der Waals surface area contributed by atoms with E-state index in [2.05, 4.69) is 47.5 Å². The van der Waals surface area contributed by atoms with Crippen LogP contribution in [0.25, 0.3) is 0 Å². The fourth-order valence-electron chi connectivity index (χ4n) is 4.34. The van der Waals surface area contributed by atoms with E-state index < -0.39 is 5.54 Å². The molecule has 0 amide bonds. The summed E-state index contributed by atoms with van der Waals surface area (Å²) in [6, 6.07) is 10.9. The Hall–Kier alpha value is -1.65. The quantitative estimate of drug-likeness (QED) is 0.206. The van der Waals surface area contributed by atoms with Crippen molar-refractivity contribution in [2.24, 2.45) is 4.99 Å². The van der Waals surface area contributed by atoms with Crippen molar-refractivity contribution in [2.75, 3.05) is 26.3 Å². The van der Waals surface area contributed by atoms with Crippen LogP contribution in [0, 0.1) is 0 Å². The fourth-order valence-corrected chi connectivity index (χ4v) is 4.34. The SMILES string of the molecule is OCC1(CO)CN(CC=CCCCCCCCCCCCCCCc2ccccc2)C=N1. The van der Waals surface area contributed by atoms with Gasteiger partial charge >= 0.3 is 0 Å². The van der Waals surface area contributed by atoms with Crippen LogP contribution in [0.15, 0.2) is 47.5 Å². The molecular formula is C28H46N2O2. The van der Waals surface area contributed by atoms with Crippen LogP contribution >= 0.6 is 0 Å². The number of allylic oxidation sites excluding steroid dienone is 1. The van der Waals surface area contributed by atoms with E-state index >= 15 is 0 Å². The lowest BCUT2D eigenvalue weighted by Gasteiger charge is -2.22. The van der Waals surface area contributed by atoms with Crippen molar-refractivity contribution in [1.29, 1.82) is 0 Å². The Morgan fingerprint density at radius 2 is 1.31 bits per heavy atom. The van der Waals surface area contributed by atoms with E-state index in [1.54, 1.807) is 6.34 Å². The van der Waals surface area contributed by atoms with Gasteiger partial charge in [-0.25, -0.2) is 0 Å². The molecule has 0 bridgehead atoms. The molecule has 4 heteroatoms. The van der Waals surface area contributed by atoms with E-state index in [9.17, 15) is 10.2 Å². The average Bonchev–Trinajstić information content (AvgIpc) is 3.25. The topological polar surface area (TPSA) is 56.1 Å². The predicted molar refractivity (Wildman–Crippen MR) is 136 cm³/mol. The Morgan fingerprint density at radius 3 is 1.88 bits per heavy atom. The van der Waals surface area contributed by atoms with Crippen LogP contribution in [-0.2, 0) is 6.42 Å². The van der Waals surface area contributed by atoms with Gasteiger partial charge in [0.05, 0.1) is 19.6 Å². The van der Waals surface area contributed by atoms with Crippen molar-refractivity contribution in [3.8, 4) is 0 Å². The molecule has 32 heavy (non-hydrogen) atoms. The molecule has 1 aromatic rings. The molecule has 0 fully saturated rings. The first-order valence-electron chi connectivity index (χ1n) is 13.0. The summed E-state index contributed by atoms with van der Waals surface area (Å²) in [4.78, 5) is 6.30. The number of benzene rings is 1. The first-order valence-corrected chi connectivity index (χ1v) is 13.0. The molecule has 1 aliphatic heterocycles. The zero-order chi connectivity index (χ0) is 22.7. The molecule has 0 aliphatic carbocycles. The monoisotopic (exact) mass is 442 g/mol. The number of hydrogen-bond donors (Lipinski definition) is 2. The molecule has 4 nitrogen and oxygen atoms in total. The van der Waals surface area contributed by atoms with Gasteiger partial charge in [-0.05, 0) is 31.2 Å². The van der Waals surface area contributed by atoms with Crippen molar-refractivity contribution in [3.05, 3.63) is 48.0 Å². The van der Waals surface area contributed by atoms with Crippen molar-refractivity contribution >= 4 is 6.34 Å². The minimum absolute atomic E-state index is 0.102. The second-order valence-electron chi connectivity index (χ2n) is 9.45. The van der Waals surface area contributed by atoms with Crippen LogP contribution in [0.5, 0.6) is 0 Å². The molecule has 0 spiro atoms. The number of aliphatic hydroxyl groups excluding tert-OH is 2. The first kappa shape index (κ1) is 26.6. The van der Waals surface area contributed by atoms with E-state index in [4.69, 9.17) is 0 Å². The summed E-state index contributed by atoms with van der Waals surface area (Å²) in [7, 11) is 0. The maximum absolute atomic E-state index is 9.36. The molecule has 0 saturated heterocycles. The summed E-state index contributed by atoms with van der Waals surface area (Å²) in [6.07, 6.45) is 25.1. The van der Waals surface area contributed by atoms with E-state index in [1.807, 2.05) is 4.90 Å². The van der Waals surface area contributed by atoms with Crippen molar-refractivity contribution in [3.63, 3.8) is 0 Å². The predicted octanol–water partition coefficient (Wildman–Crippen LogP) is 5.92. The zero-order valence-electron chi connectivity index (χ0n) is 20.1. The standard InChI is InChI=1S/C28H46N2O2/c31-24-28(25-32)23-30(26-29-28)22-18-13-11-9-7-5-3-1-2-4-6-8-10-12-15-19-27-20-16-14-17-21-27/h13-14,16-18,20-21,26,31-32H,1-12,15,19,22-25H2. The van der Waals surface area contributed by atoms with Crippen molar-refractivity contribution < 1.29 is 10.2 Å². The number of nitrogens with zero attached hydrogens (tertiary/aromatic N) is 2. The number of rotatable bonds is 19. The lowest BCUT2D eigenvalue weighted by molar-refractivity contribution is 0.118. The second-order valence-corrected chi connectivity index (χ2v) is 9.45. The third-order valence-electron chi connectivity index (χ3n) is 6.52. The van der Waals surface area contributed by atoms with E-state index in [1.165, 1.54) is 89.0 Å². The summed E-state index contributed by atoms with van der Waals surface area (Å²) in [5.74, 6) is 0. The fraction of sp³-hybridized carbons (Fsp3) is 0.679. The normalized spacial score (nSPS) is 15.2. The summed E-state index contributed by atoms with van der Waals surface area (Å²) in [6.45, 7) is 1.20. The number of aliphatic hydroxyl groups is 2. The largest absolute Gasteiger partial charge is 0.394 e. The van der Waals surface area contributed by atoms with Crippen molar-refractivity contribution in [2.45, 2.75) is 95.4 Å². The van der Waals surface area contributed by atoms with Crippen molar-refractivity contribution in [1.82, 2.24) is 4.90 Å². The maximum atomic E-state index is 9.36. The van der Waals surface area contributed by atoms with Gasteiger partial charge in [0.25, 0.3) is 0 Å². The molecule has 2 rings (SSSR count). The van der Waals surface area contributed by atoms with Gasteiger partial charge in [0.2, 0.25) is 0 Å². The highest BCUT2D eigenvalue weighted by Crippen LogP contribution is 2.17. The Kier molecular flexibility index (Phi) is 14.1. The third-order valence-corrected chi connectivity index (χ3v) is 6.52. The van der Waals surface area contributed by atoms with E-state index in [0.29, 0.717) is 6.54 Å². The van der Waals surface area contributed by atoms with Gasteiger partial charge in [0.15, 0.2) is 0 Å². The number of unbranched alkanes of at least 4 members (excludes halogenated alkanes) is 12.